The zero-order valence-corrected chi connectivity index (χ0v) is 18.2. The Bertz CT molecular complexity index is 764. The summed E-state index contributed by atoms with van der Waals surface area (Å²) in [5, 5.41) is 23.5. The van der Waals surface area contributed by atoms with Gasteiger partial charge in [-0.05, 0) is 74.5 Å². The van der Waals surface area contributed by atoms with E-state index in [-0.39, 0.29) is 35.6 Å². The lowest BCUT2D eigenvalue weighted by molar-refractivity contribution is -0.223. The maximum Gasteiger partial charge on any atom is 0.338 e. The molecule has 5 aliphatic carbocycles. The first-order valence-corrected chi connectivity index (χ1v) is 11.7. The zero-order chi connectivity index (χ0) is 21.0. The van der Waals surface area contributed by atoms with E-state index in [1.54, 1.807) is 6.92 Å². The lowest BCUT2D eigenvalue weighted by Crippen LogP contribution is -2.65. The third kappa shape index (κ3) is 2.14. The van der Waals surface area contributed by atoms with E-state index in [0.29, 0.717) is 30.6 Å². The molecule has 29 heavy (non-hydrogen) atoms. The van der Waals surface area contributed by atoms with E-state index in [1.807, 2.05) is 6.92 Å². The van der Waals surface area contributed by atoms with Crippen molar-refractivity contribution in [2.24, 2.45) is 46.3 Å². The van der Waals surface area contributed by atoms with E-state index in [9.17, 15) is 19.8 Å². The number of esters is 1. The molecule has 0 saturated heterocycles. The smallest absolute Gasteiger partial charge is 0.338 e. The van der Waals surface area contributed by atoms with Gasteiger partial charge in [0.1, 0.15) is 5.78 Å². The highest BCUT2D eigenvalue weighted by molar-refractivity contribution is 5.82. The van der Waals surface area contributed by atoms with Crippen molar-refractivity contribution in [2.75, 3.05) is 6.61 Å². The first kappa shape index (κ1) is 20.0. The number of fused-ring (bicyclic) bond motifs is 8. The van der Waals surface area contributed by atoms with Gasteiger partial charge in [-0.1, -0.05) is 20.8 Å². The van der Waals surface area contributed by atoms with Crippen LogP contribution in [-0.2, 0) is 14.3 Å². The molecule has 0 aliphatic heterocycles. The Labute approximate surface area is 173 Å². The number of Topliss-reactive ketones (excluding diaryl/α,β-unsaturated/α-hetero) is 1. The van der Waals surface area contributed by atoms with Gasteiger partial charge in [0.05, 0.1) is 12.2 Å². The third-order valence-corrected chi connectivity index (χ3v) is 10.6. The minimum absolute atomic E-state index is 0.131. The van der Waals surface area contributed by atoms with Crippen LogP contribution in [0.4, 0.5) is 0 Å². The van der Waals surface area contributed by atoms with Crippen LogP contribution in [0.5, 0.6) is 0 Å². The molecule has 5 fully saturated rings. The summed E-state index contributed by atoms with van der Waals surface area (Å²) in [5.41, 5.74) is -3.01. The molecule has 0 radical (unpaired) electrons. The van der Waals surface area contributed by atoms with Gasteiger partial charge in [-0.3, -0.25) is 4.79 Å². The zero-order valence-electron chi connectivity index (χ0n) is 18.2. The van der Waals surface area contributed by atoms with Gasteiger partial charge in [0, 0.05) is 23.7 Å². The SMILES string of the molecule is CCOC(=O)[C@]1(O)C(C)CC2C3C4CC4[C@]4(O)CC(=O)CC[C@]4(C)C3CC[C@@]21C. The average Bonchev–Trinajstić information content (AvgIpc) is 3.43. The van der Waals surface area contributed by atoms with E-state index < -0.39 is 22.6 Å². The molecule has 2 N–H and O–H groups in total. The molecule has 5 heteroatoms. The van der Waals surface area contributed by atoms with Gasteiger partial charge in [-0.2, -0.15) is 0 Å². The molecule has 0 spiro atoms. The summed E-state index contributed by atoms with van der Waals surface area (Å²) in [7, 11) is 0. The van der Waals surface area contributed by atoms with E-state index in [2.05, 4.69) is 13.8 Å². The Morgan fingerprint density at radius 1 is 1.10 bits per heavy atom. The number of ketones is 1. The standard InChI is InChI=1S/C24H36O5/c1-5-29-20(26)24(28)13(2)10-18-19-15-11-17(15)23(27)12-14(25)6-8-21(23,3)16(19)7-9-22(18,24)4/h13,15-19,27-28H,5-12H2,1-4H3/t13?,15?,16?,17?,18?,19?,21-,22+,23-,24-/m1/s1. The van der Waals surface area contributed by atoms with Gasteiger partial charge >= 0.3 is 5.97 Å². The van der Waals surface area contributed by atoms with Gasteiger partial charge in [-0.15, -0.1) is 0 Å². The fourth-order valence-corrected chi connectivity index (χ4v) is 9.02. The van der Waals surface area contributed by atoms with Crippen LogP contribution in [0, 0.1) is 46.3 Å². The Hall–Kier alpha value is -0.940. The highest BCUT2D eigenvalue weighted by Crippen LogP contribution is 2.77. The molecular formula is C24H36O5. The summed E-state index contributed by atoms with van der Waals surface area (Å²) in [6, 6.07) is 0. The molecule has 5 saturated carbocycles. The normalized spacial score (nSPS) is 57.9. The van der Waals surface area contributed by atoms with Crippen molar-refractivity contribution in [3.63, 3.8) is 0 Å². The molecule has 5 nitrogen and oxygen atoms in total. The van der Waals surface area contributed by atoms with E-state index >= 15 is 0 Å². The van der Waals surface area contributed by atoms with Crippen molar-refractivity contribution in [2.45, 2.75) is 83.8 Å². The van der Waals surface area contributed by atoms with Gasteiger partial charge in [0.2, 0.25) is 0 Å². The summed E-state index contributed by atoms with van der Waals surface area (Å²) in [5.74, 6) is 1.29. The maximum absolute atomic E-state index is 12.9. The number of aliphatic hydroxyl groups is 2. The van der Waals surface area contributed by atoms with Crippen LogP contribution in [0.15, 0.2) is 0 Å². The predicted octanol–water partition coefficient (Wildman–Crippen LogP) is 3.11. The lowest BCUT2D eigenvalue weighted by atomic mass is 9.43. The molecule has 0 aromatic carbocycles. The molecular weight excluding hydrogens is 368 g/mol. The molecule has 0 heterocycles. The minimum Gasteiger partial charge on any atom is -0.464 e. The molecule has 162 valence electrons. The van der Waals surface area contributed by atoms with Crippen LogP contribution < -0.4 is 0 Å². The van der Waals surface area contributed by atoms with Crippen LogP contribution >= 0.6 is 0 Å². The molecule has 0 bridgehead atoms. The Morgan fingerprint density at radius 3 is 2.52 bits per heavy atom. The highest BCUT2D eigenvalue weighted by atomic mass is 16.5. The van der Waals surface area contributed by atoms with Gasteiger partial charge in [0.15, 0.2) is 5.60 Å². The van der Waals surface area contributed by atoms with E-state index in [0.717, 1.165) is 32.1 Å². The number of carbonyl (C=O) groups is 2. The van der Waals surface area contributed by atoms with Crippen LogP contribution in [0.1, 0.15) is 72.6 Å². The second-order valence-electron chi connectivity index (χ2n) is 11.4. The molecule has 0 amide bonds. The molecule has 5 aliphatic rings. The first-order chi connectivity index (χ1) is 13.5. The number of carbonyl (C=O) groups excluding carboxylic acids is 2. The third-order valence-electron chi connectivity index (χ3n) is 10.6. The monoisotopic (exact) mass is 404 g/mol. The number of ether oxygens (including phenoxy) is 1. The summed E-state index contributed by atoms with van der Waals surface area (Å²) < 4.78 is 5.35. The van der Waals surface area contributed by atoms with Gasteiger partial charge in [-0.25, -0.2) is 4.79 Å². The summed E-state index contributed by atoms with van der Waals surface area (Å²) >= 11 is 0. The largest absolute Gasteiger partial charge is 0.464 e. The van der Waals surface area contributed by atoms with E-state index in [4.69, 9.17) is 4.74 Å². The second-order valence-corrected chi connectivity index (χ2v) is 11.4. The van der Waals surface area contributed by atoms with Crippen molar-refractivity contribution < 1.29 is 24.5 Å². The van der Waals surface area contributed by atoms with Crippen molar-refractivity contribution in [3.8, 4) is 0 Å². The highest BCUT2D eigenvalue weighted by Gasteiger charge is 2.77. The number of hydrogen-bond donors (Lipinski definition) is 2. The first-order valence-electron chi connectivity index (χ1n) is 11.7. The predicted molar refractivity (Wildman–Crippen MR) is 107 cm³/mol. The molecule has 0 aromatic heterocycles. The summed E-state index contributed by atoms with van der Waals surface area (Å²) in [6.07, 6.45) is 5.16. The average molecular weight is 405 g/mol. The minimum atomic E-state index is -1.43. The molecule has 6 unspecified atom stereocenters. The van der Waals surface area contributed by atoms with Crippen LogP contribution in [0.2, 0.25) is 0 Å². The topological polar surface area (TPSA) is 83.8 Å². The van der Waals surface area contributed by atoms with Gasteiger partial charge in [0.25, 0.3) is 0 Å². The van der Waals surface area contributed by atoms with Crippen LogP contribution in [0.3, 0.4) is 0 Å². The van der Waals surface area contributed by atoms with Crippen LogP contribution in [-0.4, -0.2) is 39.8 Å². The lowest BCUT2D eigenvalue weighted by Gasteiger charge is -2.63. The van der Waals surface area contributed by atoms with Crippen molar-refractivity contribution in [3.05, 3.63) is 0 Å². The van der Waals surface area contributed by atoms with Crippen molar-refractivity contribution in [1.82, 2.24) is 0 Å². The Balaban J connectivity index is 1.54. The number of hydrogen-bond acceptors (Lipinski definition) is 5. The maximum atomic E-state index is 12.9. The van der Waals surface area contributed by atoms with Crippen LogP contribution in [0.25, 0.3) is 0 Å². The second kappa shape index (κ2) is 5.85. The molecule has 10 atom stereocenters. The summed E-state index contributed by atoms with van der Waals surface area (Å²) in [6.45, 7) is 8.41. The number of rotatable bonds is 2. The quantitative estimate of drug-likeness (QED) is 0.691. The molecule has 0 aromatic rings. The fraction of sp³-hybridized carbons (Fsp3) is 0.917. The van der Waals surface area contributed by atoms with E-state index in [1.165, 1.54) is 0 Å². The van der Waals surface area contributed by atoms with Crippen molar-refractivity contribution in [1.29, 1.82) is 0 Å². The fourth-order valence-electron chi connectivity index (χ4n) is 9.02. The van der Waals surface area contributed by atoms with Crippen molar-refractivity contribution >= 4 is 11.8 Å². The Morgan fingerprint density at radius 2 is 1.83 bits per heavy atom. The Kier molecular flexibility index (Phi) is 4.03. The summed E-state index contributed by atoms with van der Waals surface area (Å²) in [4.78, 5) is 25.2. The molecule has 5 rings (SSSR count). The van der Waals surface area contributed by atoms with Gasteiger partial charge < -0.3 is 14.9 Å².